The van der Waals surface area contributed by atoms with Crippen LogP contribution in [-0.4, -0.2) is 60.8 Å². The van der Waals surface area contributed by atoms with E-state index >= 15 is 0 Å². The maximum Gasteiger partial charge on any atom is 0.173 e. The molecule has 0 saturated carbocycles. The number of aryl methyl sites for hydroxylation is 2. The number of morpholine rings is 1. The Morgan fingerprint density at radius 2 is 2.07 bits per heavy atom. The van der Waals surface area contributed by atoms with Crippen LogP contribution < -0.4 is 5.32 Å². The Morgan fingerprint density at radius 1 is 1.26 bits per heavy atom. The Hall–Kier alpha value is -1.43. The van der Waals surface area contributed by atoms with Crippen molar-refractivity contribution < 1.29 is 4.74 Å². The number of thiocarbonyl (C=S) groups is 1. The first-order valence-corrected chi connectivity index (χ1v) is 10.6. The highest BCUT2D eigenvalue weighted by molar-refractivity contribution is 7.80. The molecule has 1 aromatic rings. The van der Waals surface area contributed by atoms with Crippen molar-refractivity contribution in [3.8, 4) is 0 Å². The fourth-order valence-corrected chi connectivity index (χ4v) is 4.12. The monoisotopic (exact) mass is 387 g/mol. The van der Waals surface area contributed by atoms with Gasteiger partial charge in [-0.1, -0.05) is 29.8 Å². The average Bonchev–Trinajstić information content (AvgIpc) is 2.69. The van der Waals surface area contributed by atoms with Crippen molar-refractivity contribution in [2.75, 3.05) is 51.3 Å². The van der Waals surface area contributed by atoms with Crippen LogP contribution in [0, 0.1) is 19.8 Å². The van der Waals surface area contributed by atoms with Gasteiger partial charge in [0.1, 0.15) is 0 Å². The lowest BCUT2D eigenvalue weighted by Crippen LogP contribution is -2.45. The topological polar surface area (TPSA) is 27.7 Å². The lowest BCUT2D eigenvalue weighted by molar-refractivity contribution is 0.0356. The standard InChI is InChI=1S/C22H33N3OS/c1-18-8-9-21(19(2)16-18)23-22(27)25(17-20-6-4-3-5-7-20)11-10-24-12-14-26-15-13-24/h3-4,8-9,16,20H,5-7,10-15,17H2,1-2H3,(H,23,27)/t20-/m1/s1. The molecule has 3 rings (SSSR count). The van der Waals surface area contributed by atoms with Gasteiger partial charge >= 0.3 is 0 Å². The third kappa shape index (κ3) is 6.30. The minimum absolute atomic E-state index is 0.693. The molecule has 2 aliphatic rings. The van der Waals surface area contributed by atoms with Crippen molar-refractivity contribution in [1.82, 2.24) is 9.80 Å². The van der Waals surface area contributed by atoms with Gasteiger partial charge in [-0.2, -0.15) is 0 Å². The second kappa shape index (κ2) is 10.2. The molecule has 0 aromatic heterocycles. The van der Waals surface area contributed by atoms with Crippen molar-refractivity contribution in [2.24, 2.45) is 5.92 Å². The van der Waals surface area contributed by atoms with Crippen molar-refractivity contribution in [2.45, 2.75) is 33.1 Å². The number of rotatable bonds is 6. The number of hydrogen-bond acceptors (Lipinski definition) is 3. The molecule has 1 saturated heterocycles. The van der Waals surface area contributed by atoms with Gasteiger partial charge in [0.05, 0.1) is 13.2 Å². The van der Waals surface area contributed by atoms with E-state index in [0.29, 0.717) is 5.92 Å². The molecule has 1 fully saturated rings. The number of ether oxygens (including phenoxy) is 1. The molecule has 1 aliphatic heterocycles. The van der Waals surface area contributed by atoms with Gasteiger partial charge in [-0.15, -0.1) is 0 Å². The van der Waals surface area contributed by atoms with E-state index < -0.39 is 0 Å². The highest BCUT2D eigenvalue weighted by Gasteiger charge is 2.19. The van der Waals surface area contributed by atoms with Gasteiger partial charge in [-0.3, -0.25) is 4.90 Å². The highest BCUT2D eigenvalue weighted by Crippen LogP contribution is 2.21. The van der Waals surface area contributed by atoms with Crippen LogP contribution in [0.2, 0.25) is 0 Å². The number of nitrogens with one attached hydrogen (secondary N) is 1. The van der Waals surface area contributed by atoms with E-state index in [-0.39, 0.29) is 0 Å². The number of hydrogen-bond donors (Lipinski definition) is 1. The molecular formula is C22H33N3OS. The van der Waals surface area contributed by atoms with Gasteiger partial charge in [-0.05, 0) is 62.9 Å². The van der Waals surface area contributed by atoms with E-state index in [9.17, 15) is 0 Å². The largest absolute Gasteiger partial charge is 0.379 e. The van der Waals surface area contributed by atoms with Crippen LogP contribution in [0.4, 0.5) is 5.69 Å². The first-order valence-electron chi connectivity index (χ1n) is 10.2. The second-order valence-electron chi connectivity index (χ2n) is 7.80. The van der Waals surface area contributed by atoms with Crippen LogP contribution in [0.3, 0.4) is 0 Å². The lowest BCUT2D eigenvalue weighted by atomic mass is 9.94. The summed E-state index contributed by atoms with van der Waals surface area (Å²) in [7, 11) is 0. The number of allylic oxidation sites excluding steroid dienone is 2. The minimum atomic E-state index is 0.693. The van der Waals surface area contributed by atoms with E-state index in [4.69, 9.17) is 17.0 Å². The third-order valence-corrected chi connectivity index (χ3v) is 5.92. The lowest BCUT2D eigenvalue weighted by Gasteiger charge is -2.34. The van der Waals surface area contributed by atoms with E-state index in [1.807, 2.05) is 0 Å². The van der Waals surface area contributed by atoms with Gasteiger partial charge < -0.3 is 15.0 Å². The third-order valence-electron chi connectivity index (χ3n) is 5.56. The van der Waals surface area contributed by atoms with E-state index in [2.05, 4.69) is 59.3 Å². The summed E-state index contributed by atoms with van der Waals surface area (Å²) in [6.07, 6.45) is 8.26. The SMILES string of the molecule is Cc1ccc(NC(=S)N(CCN2CCOCC2)C[C@@H]2CC=CCC2)c(C)c1. The Kier molecular flexibility index (Phi) is 7.68. The Balaban J connectivity index is 1.62. The summed E-state index contributed by atoms with van der Waals surface area (Å²) in [4.78, 5) is 4.87. The molecule has 0 unspecified atom stereocenters. The Labute approximate surface area is 169 Å². The highest BCUT2D eigenvalue weighted by atomic mass is 32.1. The zero-order valence-electron chi connectivity index (χ0n) is 16.7. The first kappa shape index (κ1) is 20.3. The van der Waals surface area contributed by atoms with Crippen molar-refractivity contribution >= 4 is 23.0 Å². The molecule has 1 heterocycles. The van der Waals surface area contributed by atoms with Gasteiger partial charge in [0.2, 0.25) is 0 Å². The van der Waals surface area contributed by atoms with E-state index in [0.717, 1.165) is 56.7 Å². The molecule has 0 amide bonds. The van der Waals surface area contributed by atoms with Gasteiger partial charge in [0.15, 0.2) is 5.11 Å². The molecule has 0 radical (unpaired) electrons. The summed E-state index contributed by atoms with van der Waals surface area (Å²) in [5, 5.41) is 4.36. The van der Waals surface area contributed by atoms with Gasteiger partial charge in [0.25, 0.3) is 0 Å². The van der Waals surface area contributed by atoms with Crippen LogP contribution in [0.25, 0.3) is 0 Å². The summed E-state index contributed by atoms with van der Waals surface area (Å²) >= 11 is 5.84. The van der Waals surface area contributed by atoms with Crippen LogP contribution in [0.5, 0.6) is 0 Å². The van der Waals surface area contributed by atoms with Crippen molar-refractivity contribution in [3.05, 3.63) is 41.5 Å². The van der Waals surface area contributed by atoms with Gasteiger partial charge in [0, 0.05) is 38.4 Å². The van der Waals surface area contributed by atoms with Crippen LogP contribution >= 0.6 is 12.2 Å². The number of benzene rings is 1. The molecule has 0 spiro atoms. The summed E-state index contributed by atoms with van der Waals surface area (Å²) in [6.45, 7) is 11.1. The van der Waals surface area contributed by atoms with Crippen molar-refractivity contribution in [3.63, 3.8) is 0 Å². The zero-order chi connectivity index (χ0) is 19.1. The summed E-state index contributed by atoms with van der Waals surface area (Å²) < 4.78 is 5.48. The first-order chi connectivity index (χ1) is 13.1. The maximum atomic E-state index is 5.84. The minimum Gasteiger partial charge on any atom is -0.379 e. The summed E-state index contributed by atoms with van der Waals surface area (Å²) in [5.74, 6) is 0.693. The molecule has 1 N–H and O–H groups in total. The average molecular weight is 388 g/mol. The molecule has 4 nitrogen and oxygen atoms in total. The molecule has 5 heteroatoms. The predicted molar refractivity (Wildman–Crippen MR) is 117 cm³/mol. The smallest absolute Gasteiger partial charge is 0.173 e. The fraction of sp³-hybridized carbons (Fsp3) is 0.591. The van der Waals surface area contributed by atoms with Crippen LogP contribution in [-0.2, 0) is 4.74 Å². The Bertz CT molecular complexity index is 655. The predicted octanol–water partition coefficient (Wildman–Crippen LogP) is 3.99. The molecule has 0 bridgehead atoms. The number of nitrogens with zero attached hydrogens (tertiary/aromatic N) is 2. The maximum absolute atomic E-state index is 5.84. The van der Waals surface area contributed by atoms with Crippen LogP contribution in [0.1, 0.15) is 30.4 Å². The molecular weight excluding hydrogens is 354 g/mol. The van der Waals surface area contributed by atoms with Gasteiger partial charge in [-0.25, -0.2) is 0 Å². The quantitative estimate of drug-likeness (QED) is 0.588. The molecule has 27 heavy (non-hydrogen) atoms. The summed E-state index contributed by atoms with van der Waals surface area (Å²) in [6, 6.07) is 6.48. The molecule has 1 aliphatic carbocycles. The number of anilines is 1. The van der Waals surface area contributed by atoms with E-state index in [1.165, 1.54) is 30.4 Å². The Morgan fingerprint density at radius 3 is 2.78 bits per heavy atom. The molecule has 1 aromatic carbocycles. The fourth-order valence-electron chi connectivity index (χ4n) is 3.84. The van der Waals surface area contributed by atoms with Crippen LogP contribution in [0.15, 0.2) is 30.4 Å². The van der Waals surface area contributed by atoms with Crippen molar-refractivity contribution in [1.29, 1.82) is 0 Å². The molecule has 148 valence electrons. The van der Waals surface area contributed by atoms with E-state index in [1.54, 1.807) is 0 Å². The normalized spacial score (nSPS) is 20.4. The zero-order valence-corrected chi connectivity index (χ0v) is 17.6. The second-order valence-corrected chi connectivity index (χ2v) is 8.19. The summed E-state index contributed by atoms with van der Waals surface area (Å²) in [5.41, 5.74) is 3.64. The molecule has 1 atom stereocenters.